The molecule has 158 valence electrons. The van der Waals surface area contributed by atoms with Gasteiger partial charge in [0.05, 0.1) is 12.2 Å². The van der Waals surface area contributed by atoms with E-state index in [9.17, 15) is 19.2 Å². The number of anilines is 1. The largest absolute Gasteiger partial charge is 0.459 e. The average Bonchev–Trinajstić information content (AvgIpc) is 3.28. The van der Waals surface area contributed by atoms with Crippen molar-refractivity contribution in [1.29, 1.82) is 0 Å². The number of piperidine rings is 1. The summed E-state index contributed by atoms with van der Waals surface area (Å²) >= 11 is 0. The SMILES string of the molecule is CC(=O)c1cccc(NC(=O)C(C)OC(=O)C2CCCN(C(=O)c3ccco3)C2)c1. The number of esters is 1. The number of carbonyl (C=O) groups is 4. The van der Waals surface area contributed by atoms with E-state index in [1.807, 2.05) is 0 Å². The quantitative estimate of drug-likeness (QED) is 0.578. The number of rotatable bonds is 6. The smallest absolute Gasteiger partial charge is 0.311 e. The zero-order valence-electron chi connectivity index (χ0n) is 16.9. The number of amides is 2. The Labute approximate surface area is 174 Å². The lowest BCUT2D eigenvalue weighted by Gasteiger charge is -2.31. The molecule has 30 heavy (non-hydrogen) atoms. The molecule has 1 N–H and O–H groups in total. The van der Waals surface area contributed by atoms with Gasteiger partial charge in [0.1, 0.15) is 0 Å². The van der Waals surface area contributed by atoms with Crippen molar-refractivity contribution in [2.75, 3.05) is 18.4 Å². The van der Waals surface area contributed by atoms with Gasteiger partial charge < -0.3 is 19.4 Å². The second kappa shape index (κ2) is 9.39. The van der Waals surface area contributed by atoms with Crippen molar-refractivity contribution in [3.63, 3.8) is 0 Å². The topological polar surface area (TPSA) is 106 Å². The van der Waals surface area contributed by atoms with Gasteiger partial charge in [-0.15, -0.1) is 0 Å². The van der Waals surface area contributed by atoms with E-state index >= 15 is 0 Å². The number of likely N-dealkylation sites (tertiary alicyclic amines) is 1. The lowest BCUT2D eigenvalue weighted by atomic mass is 9.98. The molecular weight excluding hydrogens is 388 g/mol. The molecule has 0 aliphatic carbocycles. The number of ether oxygens (including phenoxy) is 1. The van der Waals surface area contributed by atoms with Crippen molar-refractivity contribution in [3.8, 4) is 0 Å². The second-order valence-corrected chi connectivity index (χ2v) is 7.27. The van der Waals surface area contributed by atoms with Gasteiger partial charge in [0.15, 0.2) is 17.6 Å². The predicted octanol–water partition coefficient (Wildman–Crippen LogP) is 2.90. The van der Waals surface area contributed by atoms with E-state index in [1.165, 1.54) is 20.1 Å². The molecule has 1 aliphatic heterocycles. The molecule has 3 rings (SSSR count). The highest BCUT2D eigenvalue weighted by atomic mass is 16.5. The van der Waals surface area contributed by atoms with Crippen molar-refractivity contribution in [3.05, 3.63) is 54.0 Å². The lowest BCUT2D eigenvalue weighted by molar-refractivity contribution is -0.158. The molecule has 1 saturated heterocycles. The molecule has 2 unspecified atom stereocenters. The number of furan rings is 1. The Hall–Kier alpha value is -3.42. The Balaban J connectivity index is 1.55. The highest BCUT2D eigenvalue weighted by Crippen LogP contribution is 2.21. The molecule has 8 nitrogen and oxygen atoms in total. The standard InChI is InChI=1S/C22H24N2O6/c1-14(25)16-6-3-8-18(12-16)23-20(26)15(2)30-22(28)17-7-4-10-24(13-17)21(27)19-9-5-11-29-19/h3,5-6,8-9,11-12,15,17H,4,7,10,13H2,1-2H3,(H,23,26). The number of carbonyl (C=O) groups excluding carboxylic acids is 4. The Kier molecular flexibility index (Phi) is 6.66. The third-order valence-electron chi connectivity index (χ3n) is 4.97. The maximum atomic E-state index is 12.6. The van der Waals surface area contributed by atoms with Gasteiger partial charge in [-0.3, -0.25) is 19.2 Å². The molecule has 1 fully saturated rings. The molecule has 2 aromatic rings. The minimum Gasteiger partial charge on any atom is -0.459 e. The van der Waals surface area contributed by atoms with Crippen LogP contribution in [0.1, 0.15) is 47.6 Å². The zero-order chi connectivity index (χ0) is 21.7. The van der Waals surface area contributed by atoms with Gasteiger partial charge in [-0.1, -0.05) is 12.1 Å². The normalized spacial score (nSPS) is 17.1. The van der Waals surface area contributed by atoms with Crippen LogP contribution in [0.3, 0.4) is 0 Å². The van der Waals surface area contributed by atoms with Crippen LogP contribution < -0.4 is 5.32 Å². The van der Waals surface area contributed by atoms with Crippen LogP contribution in [0.4, 0.5) is 5.69 Å². The van der Waals surface area contributed by atoms with Gasteiger partial charge in [0.2, 0.25) is 0 Å². The van der Waals surface area contributed by atoms with E-state index in [2.05, 4.69) is 5.32 Å². The van der Waals surface area contributed by atoms with Crippen LogP contribution in [-0.4, -0.2) is 47.7 Å². The minimum atomic E-state index is -1.02. The summed E-state index contributed by atoms with van der Waals surface area (Å²) in [7, 11) is 0. The molecule has 0 saturated carbocycles. The molecule has 0 spiro atoms. The molecule has 0 radical (unpaired) electrons. The summed E-state index contributed by atoms with van der Waals surface area (Å²) in [6, 6.07) is 9.75. The zero-order valence-corrected chi connectivity index (χ0v) is 16.9. The van der Waals surface area contributed by atoms with Crippen LogP contribution in [0.15, 0.2) is 47.1 Å². The molecular formula is C22H24N2O6. The van der Waals surface area contributed by atoms with E-state index in [0.29, 0.717) is 30.6 Å². The first kappa shape index (κ1) is 21.3. The van der Waals surface area contributed by atoms with Crippen molar-refractivity contribution in [2.45, 2.75) is 32.8 Å². The third-order valence-corrected chi connectivity index (χ3v) is 4.97. The molecule has 2 amide bonds. The van der Waals surface area contributed by atoms with E-state index in [-0.39, 0.29) is 24.0 Å². The van der Waals surface area contributed by atoms with Crippen LogP contribution in [-0.2, 0) is 14.3 Å². The molecule has 0 bridgehead atoms. The number of Topliss-reactive ketones (excluding diaryl/α,β-unsaturated/α-hetero) is 1. The van der Waals surface area contributed by atoms with E-state index < -0.39 is 23.9 Å². The summed E-state index contributed by atoms with van der Waals surface area (Å²) in [6.45, 7) is 3.67. The average molecular weight is 412 g/mol. The minimum absolute atomic E-state index is 0.114. The number of hydrogen-bond donors (Lipinski definition) is 1. The van der Waals surface area contributed by atoms with Gasteiger partial charge >= 0.3 is 5.97 Å². The van der Waals surface area contributed by atoms with Gasteiger partial charge in [-0.05, 0) is 51.0 Å². The maximum Gasteiger partial charge on any atom is 0.311 e. The highest BCUT2D eigenvalue weighted by molar-refractivity contribution is 5.98. The molecule has 1 aliphatic rings. The molecule has 8 heteroatoms. The van der Waals surface area contributed by atoms with Gasteiger partial charge in [-0.2, -0.15) is 0 Å². The van der Waals surface area contributed by atoms with Crippen LogP contribution in [0.5, 0.6) is 0 Å². The van der Waals surface area contributed by atoms with E-state index in [0.717, 1.165) is 0 Å². The maximum absolute atomic E-state index is 12.6. The Bertz CT molecular complexity index is 937. The number of nitrogens with zero attached hydrogens (tertiary/aromatic N) is 1. The number of nitrogens with one attached hydrogen (secondary N) is 1. The summed E-state index contributed by atoms with van der Waals surface area (Å²) in [5.74, 6) is -1.68. The van der Waals surface area contributed by atoms with Crippen molar-refractivity contribution in [2.24, 2.45) is 5.92 Å². The first-order valence-electron chi connectivity index (χ1n) is 9.80. The van der Waals surface area contributed by atoms with Crippen LogP contribution in [0, 0.1) is 5.92 Å². The lowest BCUT2D eigenvalue weighted by Crippen LogP contribution is -2.44. The summed E-state index contributed by atoms with van der Waals surface area (Å²) in [5, 5.41) is 2.65. The summed E-state index contributed by atoms with van der Waals surface area (Å²) in [5.41, 5.74) is 0.921. The summed E-state index contributed by atoms with van der Waals surface area (Å²) in [4.78, 5) is 50.4. The van der Waals surface area contributed by atoms with E-state index in [4.69, 9.17) is 9.15 Å². The van der Waals surface area contributed by atoms with Crippen LogP contribution in [0.25, 0.3) is 0 Å². The fourth-order valence-electron chi connectivity index (χ4n) is 3.29. The number of benzene rings is 1. The van der Waals surface area contributed by atoms with Crippen molar-refractivity contribution >= 4 is 29.3 Å². The predicted molar refractivity (Wildman–Crippen MR) is 108 cm³/mol. The first-order valence-corrected chi connectivity index (χ1v) is 9.80. The van der Waals surface area contributed by atoms with Gasteiger partial charge in [0, 0.05) is 24.3 Å². The van der Waals surface area contributed by atoms with Crippen molar-refractivity contribution in [1.82, 2.24) is 4.90 Å². The number of ketones is 1. The monoisotopic (exact) mass is 412 g/mol. The van der Waals surface area contributed by atoms with Crippen LogP contribution in [0.2, 0.25) is 0 Å². The fourth-order valence-corrected chi connectivity index (χ4v) is 3.29. The van der Waals surface area contributed by atoms with Crippen LogP contribution >= 0.6 is 0 Å². The fraction of sp³-hybridized carbons (Fsp3) is 0.364. The molecule has 1 aromatic heterocycles. The Morgan fingerprint density at radius 1 is 1.20 bits per heavy atom. The van der Waals surface area contributed by atoms with E-state index in [1.54, 1.807) is 41.3 Å². The Morgan fingerprint density at radius 2 is 2.00 bits per heavy atom. The molecule has 1 aromatic carbocycles. The van der Waals surface area contributed by atoms with Gasteiger partial charge in [-0.25, -0.2) is 0 Å². The summed E-state index contributed by atoms with van der Waals surface area (Å²) in [6.07, 6.45) is 1.64. The second-order valence-electron chi connectivity index (χ2n) is 7.27. The third kappa shape index (κ3) is 5.14. The Morgan fingerprint density at radius 3 is 2.70 bits per heavy atom. The summed E-state index contributed by atoms with van der Waals surface area (Å²) < 4.78 is 10.5. The van der Waals surface area contributed by atoms with Gasteiger partial charge in [0.25, 0.3) is 11.8 Å². The highest BCUT2D eigenvalue weighted by Gasteiger charge is 2.32. The number of hydrogen-bond acceptors (Lipinski definition) is 6. The van der Waals surface area contributed by atoms with Crippen molar-refractivity contribution < 1.29 is 28.3 Å². The molecule has 2 atom stereocenters. The first-order chi connectivity index (χ1) is 14.3. The molecule has 2 heterocycles.